The summed E-state index contributed by atoms with van der Waals surface area (Å²) in [6.45, 7) is 4.79. The summed E-state index contributed by atoms with van der Waals surface area (Å²) < 4.78 is 5.53. The molecule has 0 fully saturated rings. The minimum atomic E-state index is 0.339. The summed E-state index contributed by atoms with van der Waals surface area (Å²) in [4.78, 5) is 4.51. The van der Waals surface area contributed by atoms with Gasteiger partial charge in [-0.1, -0.05) is 18.2 Å². The predicted molar refractivity (Wildman–Crippen MR) is 57.8 cm³/mol. The molecule has 0 amide bonds. The van der Waals surface area contributed by atoms with Gasteiger partial charge in [0.2, 0.25) is 5.90 Å². The van der Waals surface area contributed by atoms with Gasteiger partial charge >= 0.3 is 0 Å². The lowest BCUT2D eigenvalue weighted by Gasteiger charge is -2.20. The lowest BCUT2D eigenvalue weighted by molar-refractivity contribution is 0.323. The molecule has 1 unspecified atom stereocenters. The van der Waals surface area contributed by atoms with Crippen LogP contribution in [0.15, 0.2) is 29.3 Å². The molecule has 1 atom stereocenters. The number of benzene rings is 1. The molecule has 1 aromatic carbocycles. The Morgan fingerprint density at radius 1 is 1.43 bits per heavy atom. The van der Waals surface area contributed by atoms with Crippen molar-refractivity contribution in [1.82, 2.24) is 0 Å². The van der Waals surface area contributed by atoms with Crippen molar-refractivity contribution in [2.75, 3.05) is 6.61 Å². The van der Waals surface area contributed by atoms with E-state index in [1.54, 1.807) is 0 Å². The highest BCUT2D eigenvalue weighted by molar-refractivity contribution is 5.96. The fourth-order valence-electron chi connectivity index (χ4n) is 1.79. The van der Waals surface area contributed by atoms with E-state index in [1.165, 1.54) is 5.56 Å². The van der Waals surface area contributed by atoms with E-state index in [0.29, 0.717) is 12.6 Å². The van der Waals surface area contributed by atoms with Crippen molar-refractivity contribution < 1.29 is 4.74 Å². The number of fused-ring (bicyclic) bond motifs is 1. The van der Waals surface area contributed by atoms with E-state index in [1.807, 2.05) is 13.0 Å². The highest BCUT2D eigenvalue weighted by atomic mass is 16.5. The molecule has 1 heterocycles. The van der Waals surface area contributed by atoms with Crippen molar-refractivity contribution in [2.24, 2.45) is 4.99 Å². The highest BCUT2D eigenvalue weighted by Crippen LogP contribution is 2.19. The minimum Gasteiger partial charge on any atom is -0.478 e. The minimum absolute atomic E-state index is 0.339. The van der Waals surface area contributed by atoms with E-state index in [0.717, 1.165) is 17.9 Å². The molecule has 2 heteroatoms. The quantitative estimate of drug-likeness (QED) is 0.664. The van der Waals surface area contributed by atoms with Gasteiger partial charge in [-0.25, -0.2) is 4.99 Å². The van der Waals surface area contributed by atoms with Crippen LogP contribution < -0.4 is 0 Å². The summed E-state index contributed by atoms with van der Waals surface area (Å²) in [5.41, 5.74) is 2.51. The van der Waals surface area contributed by atoms with E-state index in [-0.39, 0.29) is 0 Å². The Morgan fingerprint density at radius 2 is 2.21 bits per heavy atom. The number of hydrogen-bond acceptors (Lipinski definition) is 2. The summed E-state index contributed by atoms with van der Waals surface area (Å²) >= 11 is 0. The SMILES string of the molecule is CCOC1=NC(C)Cc2ccccc21. The Labute approximate surface area is 84.6 Å². The van der Waals surface area contributed by atoms with Gasteiger partial charge in [0.15, 0.2) is 0 Å². The van der Waals surface area contributed by atoms with Gasteiger partial charge in [0.05, 0.1) is 12.6 Å². The second-order valence-electron chi connectivity index (χ2n) is 3.58. The summed E-state index contributed by atoms with van der Waals surface area (Å²) in [6, 6.07) is 8.67. The summed E-state index contributed by atoms with van der Waals surface area (Å²) in [5, 5.41) is 0. The van der Waals surface area contributed by atoms with Crippen LogP contribution in [0, 0.1) is 0 Å². The molecule has 1 aromatic rings. The molecule has 0 N–H and O–H groups in total. The largest absolute Gasteiger partial charge is 0.478 e. The van der Waals surface area contributed by atoms with E-state index in [2.05, 4.69) is 30.1 Å². The third-order valence-corrected chi connectivity index (χ3v) is 2.38. The fourth-order valence-corrected chi connectivity index (χ4v) is 1.79. The van der Waals surface area contributed by atoms with Crippen LogP contribution in [0.1, 0.15) is 25.0 Å². The molecule has 1 aliphatic heterocycles. The number of rotatable bonds is 1. The smallest absolute Gasteiger partial charge is 0.216 e. The van der Waals surface area contributed by atoms with Crippen molar-refractivity contribution in [2.45, 2.75) is 26.3 Å². The van der Waals surface area contributed by atoms with Crippen molar-refractivity contribution in [1.29, 1.82) is 0 Å². The zero-order valence-corrected chi connectivity index (χ0v) is 8.66. The van der Waals surface area contributed by atoms with Gasteiger partial charge in [0.25, 0.3) is 0 Å². The van der Waals surface area contributed by atoms with Crippen LogP contribution in [0.3, 0.4) is 0 Å². The molecule has 74 valence electrons. The van der Waals surface area contributed by atoms with Crippen molar-refractivity contribution in [3.05, 3.63) is 35.4 Å². The molecule has 0 saturated carbocycles. The van der Waals surface area contributed by atoms with Gasteiger partial charge in [0, 0.05) is 5.56 Å². The average Bonchev–Trinajstić information content (AvgIpc) is 2.18. The molecule has 0 bridgehead atoms. The lowest BCUT2D eigenvalue weighted by Crippen LogP contribution is -2.20. The summed E-state index contributed by atoms with van der Waals surface area (Å²) in [6.07, 6.45) is 1.02. The maximum atomic E-state index is 5.53. The zero-order chi connectivity index (χ0) is 9.97. The molecule has 0 radical (unpaired) electrons. The van der Waals surface area contributed by atoms with Crippen molar-refractivity contribution in [3.63, 3.8) is 0 Å². The Balaban J connectivity index is 2.39. The van der Waals surface area contributed by atoms with E-state index in [9.17, 15) is 0 Å². The van der Waals surface area contributed by atoms with E-state index in [4.69, 9.17) is 4.74 Å². The Kier molecular flexibility index (Phi) is 2.53. The first-order valence-corrected chi connectivity index (χ1v) is 5.10. The molecule has 14 heavy (non-hydrogen) atoms. The maximum Gasteiger partial charge on any atom is 0.216 e. The Morgan fingerprint density at radius 3 is 3.00 bits per heavy atom. The number of hydrogen-bond donors (Lipinski definition) is 0. The first-order valence-electron chi connectivity index (χ1n) is 5.10. The normalized spacial score (nSPS) is 19.9. The first kappa shape index (κ1) is 9.25. The number of ether oxygens (including phenoxy) is 1. The lowest BCUT2D eigenvalue weighted by atomic mass is 9.98. The molecule has 0 saturated heterocycles. The second kappa shape index (κ2) is 3.82. The molecule has 0 aromatic heterocycles. The molecular weight excluding hydrogens is 174 g/mol. The summed E-state index contributed by atoms with van der Waals surface area (Å²) in [7, 11) is 0. The molecule has 0 aliphatic carbocycles. The topological polar surface area (TPSA) is 21.6 Å². The van der Waals surface area contributed by atoms with Crippen molar-refractivity contribution in [3.8, 4) is 0 Å². The van der Waals surface area contributed by atoms with Gasteiger partial charge < -0.3 is 4.74 Å². The third kappa shape index (κ3) is 1.65. The molecule has 2 nitrogen and oxygen atoms in total. The van der Waals surface area contributed by atoms with Crippen LogP contribution in [0.5, 0.6) is 0 Å². The van der Waals surface area contributed by atoms with Crippen molar-refractivity contribution >= 4 is 5.90 Å². The number of nitrogens with zero attached hydrogens (tertiary/aromatic N) is 1. The maximum absolute atomic E-state index is 5.53. The van der Waals surface area contributed by atoms with Crippen LogP contribution in [-0.2, 0) is 11.2 Å². The van der Waals surface area contributed by atoms with Crippen LogP contribution >= 0.6 is 0 Å². The fraction of sp³-hybridized carbons (Fsp3) is 0.417. The summed E-state index contributed by atoms with van der Waals surface area (Å²) in [5.74, 6) is 0.807. The van der Waals surface area contributed by atoms with Gasteiger partial charge in [-0.3, -0.25) is 0 Å². The molecule has 0 spiro atoms. The van der Waals surface area contributed by atoms with Gasteiger partial charge in [-0.05, 0) is 31.9 Å². The van der Waals surface area contributed by atoms with Gasteiger partial charge in [0.1, 0.15) is 0 Å². The predicted octanol–water partition coefficient (Wildman–Crippen LogP) is 2.41. The van der Waals surface area contributed by atoms with Crippen LogP contribution in [0.25, 0.3) is 0 Å². The molecule has 2 rings (SSSR count). The van der Waals surface area contributed by atoms with E-state index >= 15 is 0 Å². The van der Waals surface area contributed by atoms with E-state index < -0.39 is 0 Å². The second-order valence-corrected chi connectivity index (χ2v) is 3.58. The monoisotopic (exact) mass is 189 g/mol. The van der Waals surface area contributed by atoms with Crippen LogP contribution in [0.2, 0.25) is 0 Å². The first-order chi connectivity index (χ1) is 6.81. The standard InChI is InChI=1S/C12H15NO/c1-3-14-12-11-7-5-4-6-10(11)8-9(2)13-12/h4-7,9H,3,8H2,1-2H3. The molecule has 1 aliphatic rings. The third-order valence-electron chi connectivity index (χ3n) is 2.38. The van der Waals surface area contributed by atoms with Crippen LogP contribution in [-0.4, -0.2) is 18.5 Å². The van der Waals surface area contributed by atoms with Crippen LogP contribution in [0.4, 0.5) is 0 Å². The highest BCUT2D eigenvalue weighted by Gasteiger charge is 2.18. The number of aliphatic imine (C=N–C) groups is 1. The molecular formula is C12H15NO. The van der Waals surface area contributed by atoms with Gasteiger partial charge in [-0.2, -0.15) is 0 Å². The average molecular weight is 189 g/mol. The Bertz CT molecular complexity index is 357. The van der Waals surface area contributed by atoms with Gasteiger partial charge in [-0.15, -0.1) is 0 Å². The Hall–Kier alpha value is -1.31. The zero-order valence-electron chi connectivity index (χ0n) is 8.66.